The van der Waals surface area contributed by atoms with Gasteiger partial charge in [-0.2, -0.15) is 0 Å². The number of carbonyl (C=O) groups excluding carboxylic acids is 1. The number of nitrogens with one attached hydrogen (secondary N) is 1. The van der Waals surface area contributed by atoms with Gasteiger partial charge in [0, 0.05) is 5.69 Å². The van der Waals surface area contributed by atoms with Crippen LogP contribution in [0.2, 0.25) is 10.0 Å². The Morgan fingerprint density at radius 1 is 1.09 bits per heavy atom. The third kappa shape index (κ3) is 4.87. The van der Waals surface area contributed by atoms with Crippen molar-refractivity contribution in [3.05, 3.63) is 58.1 Å². The Balaban J connectivity index is 1.89. The van der Waals surface area contributed by atoms with E-state index in [0.29, 0.717) is 16.5 Å². The van der Waals surface area contributed by atoms with E-state index in [1.54, 1.807) is 24.3 Å². The smallest absolute Gasteiger partial charge is 0.337 e. The van der Waals surface area contributed by atoms with Gasteiger partial charge in [0.2, 0.25) is 5.91 Å². The highest BCUT2D eigenvalue weighted by Gasteiger charge is 2.11. The van der Waals surface area contributed by atoms with Crippen LogP contribution >= 0.6 is 23.2 Å². The number of carboxylic acids is 1. The lowest BCUT2D eigenvalue weighted by Gasteiger charge is -2.09. The van der Waals surface area contributed by atoms with Crippen LogP contribution in [-0.2, 0) is 4.79 Å². The minimum atomic E-state index is -1.16. The normalized spacial score (nSPS) is 10.2. The number of hydrogen-bond acceptors (Lipinski definition) is 3. The molecule has 0 unspecified atom stereocenters. The van der Waals surface area contributed by atoms with Gasteiger partial charge in [-0.1, -0.05) is 35.3 Å². The maximum atomic E-state index is 11.8. The molecule has 0 spiro atoms. The van der Waals surface area contributed by atoms with Crippen LogP contribution in [0.3, 0.4) is 0 Å². The van der Waals surface area contributed by atoms with Gasteiger partial charge in [-0.15, -0.1) is 0 Å². The number of aromatic carboxylic acids is 1. The predicted octanol–water partition coefficient (Wildman–Crippen LogP) is 4.10. The first-order valence-electron chi connectivity index (χ1n) is 6.67. The average Bonchev–Trinajstić information content (AvgIpc) is 2.51. The zero-order valence-corrected chi connectivity index (χ0v) is 13.4. The maximum absolute atomic E-state index is 11.8. The molecule has 2 rings (SSSR count). The van der Waals surface area contributed by atoms with Crippen molar-refractivity contribution in [2.75, 3.05) is 11.9 Å². The third-order valence-electron chi connectivity index (χ3n) is 2.90. The number of rotatable bonds is 6. The number of anilines is 1. The Kier molecular flexibility index (Phi) is 5.84. The Morgan fingerprint density at radius 3 is 2.52 bits per heavy atom. The molecule has 2 aromatic carbocycles. The van der Waals surface area contributed by atoms with Gasteiger partial charge in [0.25, 0.3) is 0 Å². The molecule has 0 aliphatic carbocycles. The summed E-state index contributed by atoms with van der Waals surface area (Å²) in [5, 5.41) is 12.2. The number of benzene rings is 2. The van der Waals surface area contributed by atoms with Gasteiger partial charge < -0.3 is 15.2 Å². The lowest BCUT2D eigenvalue weighted by molar-refractivity contribution is -0.116. The van der Waals surface area contributed by atoms with E-state index in [0.717, 1.165) is 0 Å². The molecule has 2 aromatic rings. The minimum Gasteiger partial charge on any atom is -0.491 e. The molecular formula is C16H13Cl2NO4. The fourth-order valence-corrected chi connectivity index (χ4v) is 2.19. The summed E-state index contributed by atoms with van der Waals surface area (Å²) in [7, 11) is 0. The molecule has 0 saturated heterocycles. The van der Waals surface area contributed by atoms with Crippen LogP contribution in [0, 0.1) is 0 Å². The van der Waals surface area contributed by atoms with Crippen molar-refractivity contribution in [2.24, 2.45) is 0 Å². The van der Waals surface area contributed by atoms with Crippen molar-refractivity contribution in [3.8, 4) is 5.75 Å². The zero-order chi connectivity index (χ0) is 16.8. The number of halogens is 2. The first kappa shape index (κ1) is 17.1. The van der Waals surface area contributed by atoms with Crippen molar-refractivity contribution < 1.29 is 19.4 Å². The molecule has 0 aliphatic heterocycles. The monoisotopic (exact) mass is 353 g/mol. The Labute approximate surface area is 142 Å². The van der Waals surface area contributed by atoms with Crippen LogP contribution in [0.15, 0.2) is 42.5 Å². The van der Waals surface area contributed by atoms with Crippen LogP contribution in [0.4, 0.5) is 5.69 Å². The van der Waals surface area contributed by atoms with Crippen LogP contribution in [0.5, 0.6) is 5.75 Å². The molecule has 23 heavy (non-hydrogen) atoms. The van der Waals surface area contributed by atoms with Gasteiger partial charge in [-0.05, 0) is 30.3 Å². The fourth-order valence-electron chi connectivity index (χ4n) is 1.81. The van der Waals surface area contributed by atoms with E-state index in [-0.39, 0.29) is 29.5 Å². The molecule has 0 heterocycles. The quantitative estimate of drug-likeness (QED) is 0.819. The van der Waals surface area contributed by atoms with E-state index in [2.05, 4.69) is 5.32 Å². The molecule has 0 aromatic heterocycles. The maximum Gasteiger partial charge on any atom is 0.337 e. The van der Waals surface area contributed by atoms with Crippen molar-refractivity contribution in [1.82, 2.24) is 0 Å². The number of ether oxygens (including phenoxy) is 1. The second-order valence-corrected chi connectivity index (χ2v) is 5.39. The van der Waals surface area contributed by atoms with E-state index in [1.807, 2.05) is 0 Å². The predicted molar refractivity (Wildman–Crippen MR) is 88.6 cm³/mol. The number of hydrogen-bond donors (Lipinski definition) is 2. The standard InChI is InChI=1S/C16H13Cl2NO4/c17-12-6-5-10(9-11(12)16(21)22)19-15(20)7-8-23-14-4-2-1-3-13(14)18/h1-6,9H,7-8H2,(H,19,20)(H,21,22). The largest absolute Gasteiger partial charge is 0.491 e. The van der Waals surface area contributed by atoms with Crippen molar-refractivity contribution in [2.45, 2.75) is 6.42 Å². The summed E-state index contributed by atoms with van der Waals surface area (Å²) < 4.78 is 5.42. The van der Waals surface area contributed by atoms with E-state index in [4.69, 9.17) is 33.0 Å². The number of para-hydroxylation sites is 1. The second-order valence-electron chi connectivity index (χ2n) is 4.58. The molecule has 0 bridgehead atoms. The molecule has 1 amide bonds. The van der Waals surface area contributed by atoms with Gasteiger partial charge in [0.1, 0.15) is 5.75 Å². The van der Waals surface area contributed by atoms with E-state index < -0.39 is 5.97 Å². The van der Waals surface area contributed by atoms with Gasteiger partial charge in [0.15, 0.2) is 0 Å². The van der Waals surface area contributed by atoms with Crippen molar-refractivity contribution >= 4 is 40.8 Å². The van der Waals surface area contributed by atoms with E-state index in [9.17, 15) is 9.59 Å². The Morgan fingerprint density at radius 2 is 1.83 bits per heavy atom. The average molecular weight is 354 g/mol. The molecule has 0 fully saturated rings. The van der Waals surface area contributed by atoms with Crippen LogP contribution in [0.1, 0.15) is 16.8 Å². The Bertz CT molecular complexity index is 734. The molecule has 120 valence electrons. The lowest BCUT2D eigenvalue weighted by Crippen LogP contribution is -2.15. The van der Waals surface area contributed by atoms with Gasteiger partial charge in [0.05, 0.1) is 28.6 Å². The van der Waals surface area contributed by atoms with Crippen molar-refractivity contribution in [3.63, 3.8) is 0 Å². The van der Waals surface area contributed by atoms with Gasteiger partial charge in [-0.3, -0.25) is 4.79 Å². The summed E-state index contributed by atoms with van der Waals surface area (Å²) in [5.74, 6) is -0.967. The number of amides is 1. The first-order chi connectivity index (χ1) is 11.0. The second kappa shape index (κ2) is 7.85. The summed E-state index contributed by atoms with van der Waals surface area (Å²) >= 11 is 11.7. The minimum absolute atomic E-state index is 0.0724. The summed E-state index contributed by atoms with van der Waals surface area (Å²) in [4.78, 5) is 22.8. The van der Waals surface area contributed by atoms with Gasteiger partial charge in [-0.25, -0.2) is 4.79 Å². The third-order valence-corrected chi connectivity index (χ3v) is 3.55. The summed E-state index contributed by atoms with van der Waals surface area (Å²) in [6.45, 7) is 0.148. The molecule has 0 aliphatic rings. The summed E-state index contributed by atoms with van der Waals surface area (Å²) in [5.41, 5.74) is 0.284. The van der Waals surface area contributed by atoms with Crippen molar-refractivity contribution in [1.29, 1.82) is 0 Å². The highest BCUT2D eigenvalue weighted by atomic mass is 35.5. The summed E-state index contributed by atoms with van der Waals surface area (Å²) in [6.07, 6.45) is 0.0935. The summed E-state index contributed by atoms with van der Waals surface area (Å²) in [6, 6.07) is 11.2. The van der Waals surface area contributed by atoms with Crippen LogP contribution in [0.25, 0.3) is 0 Å². The first-order valence-corrected chi connectivity index (χ1v) is 7.43. The molecule has 0 atom stereocenters. The molecule has 7 heteroatoms. The van der Waals surface area contributed by atoms with Crippen LogP contribution in [-0.4, -0.2) is 23.6 Å². The molecule has 5 nitrogen and oxygen atoms in total. The SMILES string of the molecule is O=C(CCOc1ccccc1Cl)Nc1ccc(Cl)c(C(=O)O)c1. The Hall–Kier alpha value is -2.24. The highest BCUT2D eigenvalue weighted by Crippen LogP contribution is 2.23. The lowest BCUT2D eigenvalue weighted by atomic mass is 10.2. The topological polar surface area (TPSA) is 75.6 Å². The molecule has 0 radical (unpaired) electrons. The molecular weight excluding hydrogens is 341 g/mol. The fraction of sp³-hybridized carbons (Fsp3) is 0.125. The van der Waals surface area contributed by atoms with E-state index in [1.165, 1.54) is 18.2 Å². The highest BCUT2D eigenvalue weighted by molar-refractivity contribution is 6.33. The van der Waals surface area contributed by atoms with Gasteiger partial charge >= 0.3 is 5.97 Å². The van der Waals surface area contributed by atoms with E-state index >= 15 is 0 Å². The molecule has 2 N–H and O–H groups in total. The number of carboxylic acid groups (broad SMARTS) is 1. The molecule has 0 saturated carbocycles. The number of carbonyl (C=O) groups is 2. The zero-order valence-electron chi connectivity index (χ0n) is 11.9. The van der Waals surface area contributed by atoms with Crippen LogP contribution < -0.4 is 10.1 Å².